The van der Waals surface area contributed by atoms with E-state index in [1.54, 1.807) is 11.3 Å². The van der Waals surface area contributed by atoms with E-state index < -0.39 is 0 Å². The van der Waals surface area contributed by atoms with Gasteiger partial charge in [-0.1, -0.05) is 66.2 Å². The molecule has 4 heteroatoms. The number of halogens is 1. The molecule has 0 aliphatic rings. The lowest BCUT2D eigenvalue weighted by Crippen LogP contribution is -1.79. The number of hydrogen-bond acceptors (Lipinski definition) is 3. The summed E-state index contributed by atoms with van der Waals surface area (Å²) in [6.45, 7) is 0. The summed E-state index contributed by atoms with van der Waals surface area (Å²) in [7, 11) is 0. The van der Waals surface area contributed by atoms with Crippen LogP contribution in [0.2, 0.25) is 5.02 Å². The SMILES string of the molecule is Clc1ccc2c(c1)oc1cc3sc(-c4ccc(-c5ccccc5)cc4)nc3cc12. The number of rotatable bonds is 2. The van der Waals surface area contributed by atoms with E-state index in [-0.39, 0.29) is 0 Å². The van der Waals surface area contributed by atoms with Crippen LogP contribution < -0.4 is 0 Å². The van der Waals surface area contributed by atoms with Gasteiger partial charge < -0.3 is 4.42 Å². The molecule has 0 radical (unpaired) electrons. The van der Waals surface area contributed by atoms with Gasteiger partial charge in [0.1, 0.15) is 16.2 Å². The first kappa shape index (κ1) is 16.8. The Labute approximate surface area is 176 Å². The van der Waals surface area contributed by atoms with Gasteiger partial charge in [0.05, 0.1) is 10.2 Å². The Morgan fingerprint density at radius 2 is 1.41 bits per heavy atom. The van der Waals surface area contributed by atoms with Crippen molar-refractivity contribution in [1.29, 1.82) is 0 Å². The fourth-order valence-electron chi connectivity index (χ4n) is 3.73. The zero-order valence-electron chi connectivity index (χ0n) is 15.2. The summed E-state index contributed by atoms with van der Waals surface area (Å²) >= 11 is 7.78. The summed E-state index contributed by atoms with van der Waals surface area (Å²) in [5, 5.41) is 3.82. The van der Waals surface area contributed by atoms with Crippen LogP contribution in [0.3, 0.4) is 0 Å². The van der Waals surface area contributed by atoms with E-state index in [4.69, 9.17) is 21.0 Å². The van der Waals surface area contributed by atoms with Gasteiger partial charge in [-0.2, -0.15) is 0 Å². The molecule has 0 amide bonds. The molecular formula is C25H14ClNOS. The number of fused-ring (bicyclic) bond motifs is 4. The minimum absolute atomic E-state index is 0.678. The fourth-order valence-corrected chi connectivity index (χ4v) is 4.87. The van der Waals surface area contributed by atoms with Gasteiger partial charge in [-0.15, -0.1) is 11.3 Å². The van der Waals surface area contributed by atoms with E-state index in [1.807, 2.05) is 24.3 Å². The topological polar surface area (TPSA) is 26.0 Å². The highest BCUT2D eigenvalue weighted by molar-refractivity contribution is 7.21. The van der Waals surface area contributed by atoms with Gasteiger partial charge in [-0.05, 0) is 29.3 Å². The van der Waals surface area contributed by atoms with Crippen LogP contribution >= 0.6 is 22.9 Å². The molecule has 0 fully saturated rings. The van der Waals surface area contributed by atoms with E-state index in [1.165, 1.54) is 11.1 Å². The third-order valence-corrected chi connectivity index (χ3v) is 6.48. The standard InChI is InChI=1S/C25H14ClNOS/c26-18-10-11-19-20-13-21-24(14-23(20)28-22(19)12-18)29-25(27-21)17-8-6-16(7-9-17)15-4-2-1-3-5-15/h1-14H. The van der Waals surface area contributed by atoms with E-state index in [0.29, 0.717) is 5.02 Å². The van der Waals surface area contributed by atoms with Crippen LogP contribution in [0.15, 0.2) is 89.3 Å². The zero-order chi connectivity index (χ0) is 19.4. The molecule has 6 aromatic rings. The van der Waals surface area contributed by atoms with Crippen molar-refractivity contribution in [2.75, 3.05) is 0 Å². The van der Waals surface area contributed by atoms with E-state index >= 15 is 0 Å². The quantitative estimate of drug-likeness (QED) is 0.287. The molecule has 0 aliphatic heterocycles. The second kappa shape index (κ2) is 6.45. The normalized spacial score (nSPS) is 11.6. The summed E-state index contributed by atoms with van der Waals surface area (Å²) < 4.78 is 7.13. The van der Waals surface area contributed by atoms with Crippen LogP contribution in [0, 0.1) is 0 Å². The number of aromatic nitrogens is 1. The van der Waals surface area contributed by atoms with Crippen LogP contribution in [0.5, 0.6) is 0 Å². The number of hydrogen-bond donors (Lipinski definition) is 0. The Bertz CT molecular complexity index is 1500. The second-order valence-electron chi connectivity index (χ2n) is 7.02. The lowest BCUT2D eigenvalue weighted by Gasteiger charge is -2.02. The van der Waals surface area contributed by atoms with Gasteiger partial charge in [-0.3, -0.25) is 0 Å². The van der Waals surface area contributed by atoms with E-state index in [9.17, 15) is 0 Å². The Kier molecular flexibility index (Phi) is 3.73. The number of thiazole rings is 1. The van der Waals surface area contributed by atoms with Crippen molar-refractivity contribution < 1.29 is 4.42 Å². The maximum Gasteiger partial charge on any atom is 0.136 e. The predicted molar refractivity (Wildman–Crippen MR) is 123 cm³/mol. The Morgan fingerprint density at radius 1 is 0.690 bits per heavy atom. The molecule has 138 valence electrons. The van der Waals surface area contributed by atoms with Crippen LogP contribution in [-0.2, 0) is 0 Å². The van der Waals surface area contributed by atoms with Crippen LogP contribution in [0.4, 0.5) is 0 Å². The molecule has 0 unspecified atom stereocenters. The average molecular weight is 412 g/mol. The van der Waals surface area contributed by atoms with Crippen LogP contribution in [0.25, 0.3) is 53.9 Å². The van der Waals surface area contributed by atoms with Gasteiger partial charge in [0.25, 0.3) is 0 Å². The maximum atomic E-state index is 6.10. The van der Waals surface area contributed by atoms with Crippen molar-refractivity contribution in [2.45, 2.75) is 0 Å². The molecule has 6 rings (SSSR count). The lowest BCUT2D eigenvalue weighted by molar-refractivity contribution is 0.669. The predicted octanol–water partition coefficient (Wildman–Crippen LogP) is 8.18. The number of furan rings is 1. The molecule has 2 nitrogen and oxygen atoms in total. The van der Waals surface area contributed by atoms with E-state index in [0.717, 1.165) is 42.7 Å². The first-order valence-electron chi connectivity index (χ1n) is 9.33. The molecule has 2 aromatic heterocycles. The van der Waals surface area contributed by atoms with Gasteiger partial charge in [0, 0.05) is 33.5 Å². The number of benzene rings is 4. The summed E-state index contributed by atoms with van der Waals surface area (Å²) in [6, 6.07) is 28.9. The zero-order valence-corrected chi connectivity index (χ0v) is 16.8. The highest BCUT2D eigenvalue weighted by atomic mass is 35.5. The van der Waals surface area contributed by atoms with Gasteiger partial charge in [-0.25, -0.2) is 4.98 Å². The van der Waals surface area contributed by atoms with Crippen molar-refractivity contribution in [3.63, 3.8) is 0 Å². The van der Waals surface area contributed by atoms with E-state index in [2.05, 4.69) is 60.7 Å². The highest BCUT2D eigenvalue weighted by Crippen LogP contribution is 2.37. The minimum Gasteiger partial charge on any atom is -0.456 e. The monoisotopic (exact) mass is 411 g/mol. The highest BCUT2D eigenvalue weighted by Gasteiger charge is 2.13. The first-order valence-corrected chi connectivity index (χ1v) is 10.5. The lowest BCUT2D eigenvalue weighted by atomic mass is 10.0. The fraction of sp³-hybridized carbons (Fsp3) is 0. The third-order valence-electron chi connectivity index (χ3n) is 5.18. The van der Waals surface area contributed by atoms with Gasteiger partial charge >= 0.3 is 0 Å². The molecule has 0 N–H and O–H groups in total. The summed E-state index contributed by atoms with van der Waals surface area (Å²) in [5.74, 6) is 0. The third kappa shape index (κ3) is 2.82. The Morgan fingerprint density at radius 3 is 2.24 bits per heavy atom. The Balaban J connectivity index is 1.44. The summed E-state index contributed by atoms with van der Waals surface area (Å²) in [4.78, 5) is 4.89. The van der Waals surface area contributed by atoms with Gasteiger partial charge in [0.2, 0.25) is 0 Å². The van der Waals surface area contributed by atoms with Crippen LogP contribution in [-0.4, -0.2) is 4.98 Å². The molecule has 0 bridgehead atoms. The van der Waals surface area contributed by atoms with Crippen LogP contribution in [0.1, 0.15) is 0 Å². The first-order chi connectivity index (χ1) is 14.2. The molecule has 0 saturated carbocycles. The molecule has 2 heterocycles. The summed E-state index contributed by atoms with van der Waals surface area (Å²) in [5.41, 5.74) is 6.21. The van der Waals surface area contributed by atoms with Crippen molar-refractivity contribution in [2.24, 2.45) is 0 Å². The van der Waals surface area contributed by atoms with Crippen molar-refractivity contribution in [1.82, 2.24) is 4.98 Å². The molecule has 0 aliphatic carbocycles. The van der Waals surface area contributed by atoms with Crippen molar-refractivity contribution in [3.8, 4) is 21.7 Å². The molecular weight excluding hydrogens is 398 g/mol. The molecule has 4 aromatic carbocycles. The molecule has 0 spiro atoms. The molecule has 0 saturated heterocycles. The maximum absolute atomic E-state index is 6.10. The largest absolute Gasteiger partial charge is 0.456 e. The minimum atomic E-state index is 0.678. The molecule has 29 heavy (non-hydrogen) atoms. The average Bonchev–Trinajstić information content (AvgIpc) is 3.32. The smallest absolute Gasteiger partial charge is 0.136 e. The number of nitrogens with zero attached hydrogens (tertiary/aromatic N) is 1. The molecule has 0 atom stereocenters. The van der Waals surface area contributed by atoms with Crippen molar-refractivity contribution in [3.05, 3.63) is 90.0 Å². The second-order valence-corrected chi connectivity index (χ2v) is 8.49. The Hall–Kier alpha value is -3.14. The summed E-state index contributed by atoms with van der Waals surface area (Å²) in [6.07, 6.45) is 0. The van der Waals surface area contributed by atoms with Gasteiger partial charge in [0.15, 0.2) is 0 Å². The van der Waals surface area contributed by atoms with Crippen molar-refractivity contribution >= 4 is 55.1 Å².